The van der Waals surface area contributed by atoms with Gasteiger partial charge in [0.2, 0.25) is 5.91 Å². The van der Waals surface area contributed by atoms with Crippen molar-refractivity contribution in [2.75, 3.05) is 7.11 Å². The maximum Gasteiger partial charge on any atom is 0.332 e. The topological polar surface area (TPSA) is 98.5 Å². The van der Waals surface area contributed by atoms with Crippen molar-refractivity contribution in [1.82, 2.24) is 5.32 Å². The van der Waals surface area contributed by atoms with E-state index in [-0.39, 0.29) is 38.2 Å². The van der Waals surface area contributed by atoms with Gasteiger partial charge in [0.15, 0.2) is 0 Å². The van der Waals surface area contributed by atoms with Crippen LogP contribution >= 0.6 is 18.5 Å². The number of primary amides is 1. The minimum Gasteiger partial charge on any atom is -0.466 e. The summed E-state index contributed by atoms with van der Waals surface area (Å²) < 4.78 is 4.27. The van der Waals surface area contributed by atoms with Gasteiger partial charge in [-0.3, -0.25) is 9.59 Å². The third-order valence-corrected chi connectivity index (χ3v) is 5.91. The van der Waals surface area contributed by atoms with Gasteiger partial charge < -0.3 is 15.8 Å². The Balaban J connectivity index is 0.000000522. The number of methoxy groups -OCH3 is 1. The molecule has 0 spiro atoms. The van der Waals surface area contributed by atoms with E-state index < -0.39 is 0 Å². The van der Waals surface area contributed by atoms with Crippen molar-refractivity contribution in [3.8, 4) is 0 Å². The standard InChI is InChI=1S/C13H18NOP.C7H8NOP.C5H8O2.Pd/c15-13(11-8-4-5-9-12(11)16)14-10-6-2-1-3-7-10;8-7(9)5-3-1-2-4-6(5)10;1-4(2)5(6)7-3;/h4-5,8-10H,1-3,6-7,16H2,(H,14,15);1-4H,10H2,(H2,8,9);1H2,2-3H3;. The second-order valence-electron chi connectivity index (χ2n) is 7.62. The molecule has 1 aliphatic carbocycles. The van der Waals surface area contributed by atoms with Gasteiger partial charge in [0.1, 0.15) is 0 Å². The van der Waals surface area contributed by atoms with Gasteiger partial charge in [-0.1, -0.05) is 62.2 Å². The molecule has 0 saturated heterocycles. The molecule has 188 valence electrons. The zero-order valence-electron chi connectivity index (χ0n) is 19.6. The molecule has 2 atom stereocenters. The first-order chi connectivity index (χ1) is 15.7. The van der Waals surface area contributed by atoms with Crippen molar-refractivity contribution in [3.63, 3.8) is 0 Å². The molecule has 34 heavy (non-hydrogen) atoms. The molecule has 9 heteroatoms. The van der Waals surface area contributed by atoms with Gasteiger partial charge in [-0.25, -0.2) is 4.79 Å². The molecule has 0 radical (unpaired) electrons. The normalized spacial score (nSPS) is 12.4. The second kappa shape index (κ2) is 17.5. The van der Waals surface area contributed by atoms with Gasteiger partial charge in [-0.2, -0.15) is 0 Å². The maximum atomic E-state index is 12.0. The first kappa shape index (κ1) is 32.1. The first-order valence-electron chi connectivity index (χ1n) is 10.7. The van der Waals surface area contributed by atoms with Crippen LogP contribution in [-0.2, 0) is 30.0 Å². The summed E-state index contributed by atoms with van der Waals surface area (Å²) in [6, 6.07) is 15.2. The summed E-state index contributed by atoms with van der Waals surface area (Å²) in [5.74, 6) is -0.664. The Bertz CT molecular complexity index is 963. The Morgan fingerprint density at radius 2 is 1.41 bits per heavy atom. The van der Waals surface area contributed by atoms with Crippen LogP contribution in [0.2, 0.25) is 0 Å². The number of benzene rings is 2. The third kappa shape index (κ3) is 12.0. The summed E-state index contributed by atoms with van der Waals surface area (Å²) in [7, 11) is 6.40. The van der Waals surface area contributed by atoms with Gasteiger partial charge in [0.25, 0.3) is 5.91 Å². The molecule has 0 heterocycles. The summed E-state index contributed by atoms with van der Waals surface area (Å²) in [4.78, 5) is 32.8. The number of hydrogen-bond donors (Lipinski definition) is 2. The number of hydrogen-bond acceptors (Lipinski definition) is 4. The van der Waals surface area contributed by atoms with Crippen molar-refractivity contribution in [2.24, 2.45) is 5.73 Å². The molecule has 1 fully saturated rings. The fourth-order valence-corrected chi connectivity index (χ4v) is 3.80. The number of rotatable bonds is 4. The molecule has 3 rings (SSSR count). The van der Waals surface area contributed by atoms with Crippen LogP contribution < -0.4 is 21.7 Å². The van der Waals surface area contributed by atoms with Crippen LogP contribution in [0.1, 0.15) is 59.7 Å². The molecular weight excluding hydrogens is 561 g/mol. The minimum absolute atomic E-state index is 0. The smallest absolute Gasteiger partial charge is 0.332 e. The van der Waals surface area contributed by atoms with Crippen molar-refractivity contribution in [2.45, 2.75) is 45.1 Å². The van der Waals surface area contributed by atoms with Gasteiger partial charge >= 0.3 is 5.97 Å². The predicted octanol–water partition coefficient (Wildman–Crippen LogP) is 3.27. The number of carbonyl (C=O) groups excluding carboxylic acids is 3. The molecule has 2 amide bonds. The predicted molar refractivity (Wildman–Crippen MR) is 141 cm³/mol. The van der Waals surface area contributed by atoms with Crippen LogP contribution in [0.3, 0.4) is 0 Å². The van der Waals surface area contributed by atoms with Crippen LogP contribution in [0.4, 0.5) is 0 Å². The molecule has 0 aromatic heterocycles. The van der Waals surface area contributed by atoms with Crippen LogP contribution in [0.25, 0.3) is 0 Å². The molecule has 0 aliphatic heterocycles. The van der Waals surface area contributed by atoms with Crippen molar-refractivity contribution >= 4 is 46.9 Å². The Labute approximate surface area is 220 Å². The number of ether oxygens (including phenoxy) is 1. The minimum atomic E-state index is -0.384. The van der Waals surface area contributed by atoms with Crippen molar-refractivity contribution < 1.29 is 39.5 Å². The molecule has 2 unspecified atom stereocenters. The van der Waals surface area contributed by atoms with Gasteiger partial charge in [0.05, 0.1) is 7.11 Å². The van der Waals surface area contributed by atoms with E-state index in [4.69, 9.17) is 5.73 Å². The quantitative estimate of drug-likeness (QED) is 0.246. The van der Waals surface area contributed by atoms with E-state index in [0.717, 1.165) is 29.0 Å². The van der Waals surface area contributed by atoms with Crippen LogP contribution in [0.15, 0.2) is 60.7 Å². The van der Waals surface area contributed by atoms with E-state index in [1.54, 1.807) is 19.1 Å². The van der Waals surface area contributed by atoms with Crippen molar-refractivity contribution in [3.05, 3.63) is 71.8 Å². The van der Waals surface area contributed by atoms with Gasteiger partial charge in [0, 0.05) is 43.2 Å². The number of nitrogens with two attached hydrogens (primary N) is 1. The summed E-state index contributed by atoms with van der Waals surface area (Å²) in [6.07, 6.45) is 6.06. The summed E-state index contributed by atoms with van der Waals surface area (Å²) in [5.41, 5.74) is 6.83. The van der Waals surface area contributed by atoms with Crippen molar-refractivity contribution in [1.29, 1.82) is 0 Å². The molecule has 2 aromatic carbocycles. The van der Waals surface area contributed by atoms with E-state index in [1.807, 2.05) is 36.4 Å². The van der Waals surface area contributed by atoms with Crippen LogP contribution in [-0.4, -0.2) is 30.9 Å². The van der Waals surface area contributed by atoms with Gasteiger partial charge in [-0.15, -0.1) is 18.5 Å². The zero-order chi connectivity index (χ0) is 24.8. The average Bonchev–Trinajstić information content (AvgIpc) is 2.80. The van der Waals surface area contributed by atoms with E-state index in [0.29, 0.717) is 17.2 Å². The molecule has 6 nitrogen and oxygen atoms in total. The first-order valence-corrected chi connectivity index (χ1v) is 11.9. The fraction of sp³-hybridized carbons (Fsp3) is 0.320. The monoisotopic (exact) mass is 594 g/mol. The van der Waals surface area contributed by atoms with Gasteiger partial charge in [-0.05, 0) is 42.5 Å². The SMILES string of the molecule is C=C(C)C(=O)OC.NC(=O)c1ccccc1P.O=C(NC1CCCCC1)c1ccccc1P.[Pd]. The van der Waals surface area contributed by atoms with E-state index in [9.17, 15) is 14.4 Å². The zero-order valence-corrected chi connectivity index (χ0v) is 23.5. The summed E-state index contributed by atoms with van der Waals surface area (Å²) in [5, 5.41) is 4.93. The average molecular weight is 595 g/mol. The number of esters is 1. The van der Waals surface area contributed by atoms with E-state index >= 15 is 0 Å². The van der Waals surface area contributed by atoms with Crippen LogP contribution in [0.5, 0.6) is 0 Å². The molecule has 3 N–H and O–H groups in total. The largest absolute Gasteiger partial charge is 0.466 e. The van der Waals surface area contributed by atoms with Crippen LogP contribution in [0, 0.1) is 0 Å². The third-order valence-electron chi connectivity index (χ3n) is 4.91. The Morgan fingerprint density at radius 1 is 0.941 bits per heavy atom. The Hall–Kier alpha value is -1.89. The maximum absolute atomic E-state index is 12.0. The van der Waals surface area contributed by atoms with E-state index in [2.05, 4.69) is 35.1 Å². The molecular formula is C25H34N2O4P2Pd. The molecule has 0 bridgehead atoms. The Kier molecular flexibility index (Phi) is 16.6. The fourth-order valence-electron chi connectivity index (χ4n) is 3.11. The Morgan fingerprint density at radius 3 is 1.76 bits per heavy atom. The summed E-state index contributed by atoms with van der Waals surface area (Å²) in [6.45, 7) is 4.95. The number of nitrogens with one attached hydrogen (secondary N) is 1. The summed E-state index contributed by atoms with van der Waals surface area (Å²) >= 11 is 0. The van der Waals surface area contributed by atoms with E-state index in [1.165, 1.54) is 26.4 Å². The molecule has 1 aliphatic rings. The molecule has 1 saturated carbocycles. The number of amides is 2. The number of carbonyl (C=O) groups is 3. The molecule has 2 aromatic rings. The second-order valence-corrected chi connectivity index (χ2v) is 8.86.